The molecule has 1 aliphatic rings. The molecule has 0 N–H and O–H groups in total. The molecule has 0 saturated carbocycles. The zero-order valence-electron chi connectivity index (χ0n) is 13.9. The van der Waals surface area contributed by atoms with E-state index < -0.39 is 0 Å². The van der Waals surface area contributed by atoms with Crippen molar-refractivity contribution in [3.63, 3.8) is 0 Å². The Morgan fingerprint density at radius 1 is 0.783 bits per heavy atom. The molecular weight excluding hydrogens is 304 g/mol. The van der Waals surface area contributed by atoms with E-state index in [1.54, 1.807) is 6.08 Å². The van der Waals surface area contributed by atoms with E-state index in [1.165, 1.54) is 0 Å². The van der Waals surface area contributed by atoms with Crippen LogP contribution >= 0.6 is 0 Å². The molecule has 1 aliphatic heterocycles. The van der Waals surface area contributed by atoms with Crippen LogP contribution in [0.3, 0.4) is 0 Å². The van der Waals surface area contributed by atoms with Gasteiger partial charge in [-0.1, -0.05) is 6.08 Å². The first-order chi connectivity index (χ1) is 11.4. The Balaban J connectivity index is 1.99. The molecule has 0 bridgehead atoms. The fourth-order valence-electron chi connectivity index (χ4n) is 1.79. The quantitative estimate of drug-likeness (QED) is 0.430. The van der Waals surface area contributed by atoms with Gasteiger partial charge in [-0.2, -0.15) is 0 Å². The van der Waals surface area contributed by atoms with Gasteiger partial charge in [0, 0.05) is 0 Å². The monoisotopic (exact) mass is 334 g/mol. The van der Waals surface area contributed by atoms with Gasteiger partial charge in [0.15, 0.2) is 0 Å². The maximum Gasteiger partial charge on any atom is 0.104 e. The summed E-state index contributed by atoms with van der Waals surface area (Å²) in [6, 6.07) is 0. The number of hydrogen-bond acceptors (Lipinski definition) is 7. The van der Waals surface area contributed by atoms with Gasteiger partial charge in [-0.3, -0.25) is 0 Å². The molecule has 1 unspecified atom stereocenters. The summed E-state index contributed by atoms with van der Waals surface area (Å²) in [5, 5.41) is 0. The lowest BCUT2D eigenvalue weighted by atomic mass is 10.4. The normalized spacial score (nSPS) is 21.3. The van der Waals surface area contributed by atoms with Gasteiger partial charge in [-0.15, -0.1) is 6.58 Å². The molecule has 7 nitrogen and oxygen atoms in total. The number of hydrogen-bond donors (Lipinski definition) is 0. The Labute approximate surface area is 138 Å². The molecule has 1 rings (SSSR count). The maximum atomic E-state index is 5.70. The third-order valence-corrected chi connectivity index (χ3v) is 2.91. The van der Waals surface area contributed by atoms with Crippen molar-refractivity contribution >= 4 is 0 Å². The van der Waals surface area contributed by atoms with Crippen molar-refractivity contribution in [3.8, 4) is 0 Å². The van der Waals surface area contributed by atoms with Crippen LogP contribution in [-0.4, -0.2) is 92.0 Å². The highest BCUT2D eigenvalue weighted by Gasteiger charge is 2.10. The van der Waals surface area contributed by atoms with Crippen molar-refractivity contribution in [2.24, 2.45) is 0 Å². The standard InChI is InChI=1S/C16H30O7/c1-2-3-17-4-5-18-8-10-21-14-16-15-22-11-9-19-6-7-20-12-13-23-16/h2,16H,1,3-15H2. The van der Waals surface area contributed by atoms with Crippen molar-refractivity contribution in [1.82, 2.24) is 0 Å². The van der Waals surface area contributed by atoms with Crippen LogP contribution in [-0.2, 0) is 33.2 Å². The molecule has 23 heavy (non-hydrogen) atoms. The van der Waals surface area contributed by atoms with Crippen molar-refractivity contribution in [2.45, 2.75) is 6.10 Å². The van der Waals surface area contributed by atoms with E-state index in [2.05, 4.69) is 6.58 Å². The highest BCUT2D eigenvalue weighted by Crippen LogP contribution is 1.98. The number of ether oxygens (including phenoxy) is 7. The van der Waals surface area contributed by atoms with Gasteiger partial charge in [-0.25, -0.2) is 0 Å². The molecule has 136 valence electrons. The van der Waals surface area contributed by atoms with Crippen LogP contribution in [0.5, 0.6) is 0 Å². The molecule has 0 radical (unpaired) electrons. The second-order valence-electron chi connectivity index (χ2n) is 4.84. The van der Waals surface area contributed by atoms with Gasteiger partial charge in [0.2, 0.25) is 0 Å². The molecule has 0 aromatic heterocycles. The highest BCUT2D eigenvalue weighted by atomic mass is 16.6. The van der Waals surface area contributed by atoms with E-state index in [0.29, 0.717) is 85.9 Å². The van der Waals surface area contributed by atoms with E-state index >= 15 is 0 Å². The summed E-state index contributed by atoms with van der Waals surface area (Å²) in [6.07, 6.45) is 1.61. The maximum absolute atomic E-state index is 5.70. The minimum absolute atomic E-state index is 0.103. The predicted molar refractivity (Wildman–Crippen MR) is 84.9 cm³/mol. The van der Waals surface area contributed by atoms with Gasteiger partial charge in [0.25, 0.3) is 0 Å². The Hall–Kier alpha value is -0.540. The van der Waals surface area contributed by atoms with Crippen LogP contribution in [0.1, 0.15) is 0 Å². The lowest BCUT2D eigenvalue weighted by Gasteiger charge is -2.19. The third kappa shape index (κ3) is 13.6. The molecule has 1 atom stereocenters. The van der Waals surface area contributed by atoms with Crippen molar-refractivity contribution in [1.29, 1.82) is 0 Å². The first kappa shape index (κ1) is 20.5. The molecule has 0 spiro atoms. The topological polar surface area (TPSA) is 64.6 Å². The van der Waals surface area contributed by atoms with E-state index in [4.69, 9.17) is 33.2 Å². The van der Waals surface area contributed by atoms with Crippen LogP contribution in [0.4, 0.5) is 0 Å². The molecule has 0 aliphatic carbocycles. The van der Waals surface area contributed by atoms with Crippen LogP contribution in [0.25, 0.3) is 0 Å². The fourth-order valence-corrected chi connectivity index (χ4v) is 1.79. The Morgan fingerprint density at radius 3 is 2.13 bits per heavy atom. The minimum atomic E-state index is -0.103. The molecule has 0 aromatic carbocycles. The Morgan fingerprint density at radius 2 is 1.39 bits per heavy atom. The average Bonchev–Trinajstić information content (AvgIpc) is 2.55. The van der Waals surface area contributed by atoms with E-state index in [-0.39, 0.29) is 6.10 Å². The van der Waals surface area contributed by atoms with E-state index in [0.717, 1.165) is 0 Å². The molecule has 0 aromatic rings. The second kappa shape index (κ2) is 16.3. The van der Waals surface area contributed by atoms with E-state index in [9.17, 15) is 0 Å². The van der Waals surface area contributed by atoms with Crippen LogP contribution in [0.15, 0.2) is 12.7 Å². The summed E-state index contributed by atoms with van der Waals surface area (Å²) < 4.78 is 38.1. The van der Waals surface area contributed by atoms with Crippen LogP contribution in [0.2, 0.25) is 0 Å². The third-order valence-electron chi connectivity index (χ3n) is 2.91. The highest BCUT2D eigenvalue weighted by molar-refractivity contribution is 4.63. The zero-order valence-corrected chi connectivity index (χ0v) is 13.9. The summed E-state index contributed by atoms with van der Waals surface area (Å²) in [6.45, 7) is 10.6. The van der Waals surface area contributed by atoms with Gasteiger partial charge < -0.3 is 33.2 Å². The van der Waals surface area contributed by atoms with E-state index in [1.807, 2.05) is 0 Å². The Kier molecular flexibility index (Phi) is 14.6. The van der Waals surface area contributed by atoms with Crippen molar-refractivity contribution in [2.75, 3.05) is 85.9 Å². The SMILES string of the molecule is C=CCOCCOCCOCC1COCCOCCOCCO1. The predicted octanol–water partition coefficient (Wildman–Crippen LogP) is 0.671. The summed E-state index contributed by atoms with van der Waals surface area (Å²) in [5.74, 6) is 0. The molecule has 0 amide bonds. The second-order valence-corrected chi connectivity index (χ2v) is 4.84. The van der Waals surface area contributed by atoms with Crippen molar-refractivity contribution in [3.05, 3.63) is 12.7 Å². The first-order valence-electron chi connectivity index (χ1n) is 8.12. The smallest absolute Gasteiger partial charge is 0.104 e. The lowest BCUT2D eigenvalue weighted by Crippen LogP contribution is -2.29. The lowest BCUT2D eigenvalue weighted by molar-refractivity contribution is -0.0941. The fraction of sp³-hybridized carbons (Fsp3) is 0.875. The molecule has 1 fully saturated rings. The van der Waals surface area contributed by atoms with Gasteiger partial charge in [0.05, 0.1) is 85.9 Å². The summed E-state index contributed by atoms with van der Waals surface area (Å²) in [4.78, 5) is 0. The number of rotatable bonds is 10. The largest absolute Gasteiger partial charge is 0.377 e. The Bertz CT molecular complexity index is 251. The minimum Gasteiger partial charge on any atom is -0.377 e. The van der Waals surface area contributed by atoms with Gasteiger partial charge in [0.1, 0.15) is 6.10 Å². The van der Waals surface area contributed by atoms with Crippen LogP contribution < -0.4 is 0 Å². The van der Waals surface area contributed by atoms with Gasteiger partial charge >= 0.3 is 0 Å². The summed E-state index contributed by atoms with van der Waals surface area (Å²) in [7, 11) is 0. The van der Waals surface area contributed by atoms with Crippen LogP contribution in [0, 0.1) is 0 Å². The average molecular weight is 334 g/mol. The summed E-state index contributed by atoms with van der Waals surface area (Å²) in [5.41, 5.74) is 0. The summed E-state index contributed by atoms with van der Waals surface area (Å²) >= 11 is 0. The molecule has 1 heterocycles. The zero-order chi connectivity index (χ0) is 16.4. The first-order valence-corrected chi connectivity index (χ1v) is 8.12. The molecule has 1 saturated heterocycles. The molecule has 7 heteroatoms. The van der Waals surface area contributed by atoms with Crippen molar-refractivity contribution < 1.29 is 33.2 Å². The van der Waals surface area contributed by atoms with Gasteiger partial charge in [-0.05, 0) is 0 Å². The molecular formula is C16H30O7.